The van der Waals surface area contributed by atoms with Gasteiger partial charge in [0.15, 0.2) is 0 Å². The monoisotopic (exact) mass is 225 g/mol. The summed E-state index contributed by atoms with van der Waals surface area (Å²) in [5.41, 5.74) is 7.80. The van der Waals surface area contributed by atoms with Crippen molar-refractivity contribution in [2.75, 3.05) is 6.54 Å². The molecule has 8 nitrogen and oxygen atoms in total. The Labute approximate surface area is 90.2 Å². The first-order chi connectivity index (χ1) is 7.65. The molecular formula is C8H11N5O3. The molecule has 1 rings (SSSR count). The molecule has 0 aliphatic rings. The Kier molecular flexibility index (Phi) is 4.46. The van der Waals surface area contributed by atoms with Crippen LogP contribution in [0, 0.1) is 0 Å². The standard InChI is InChI=1S/C8H11N5O3/c9-13-10-4-3-6(14)8(16)5-1-2-7(15)12-11-5/h1-2,6,8,14,16H,3-4H2,(H,12,15). The Morgan fingerprint density at radius 1 is 1.56 bits per heavy atom. The summed E-state index contributed by atoms with van der Waals surface area (Å²) >= 11 is 0. The van der Waals surface area contributed by atoms with Crippen LogP contribution in [0.25, 0.3) is 10.4 Å². The number of nitrogens with zero attached hydrogens (tertiary/aromatic N) is 4. The largest absolute Gasteiger partial charge is 0.390 e. The number of hydrogen-bond acceptors (Lipinski definition) is 5. The zero-order valence-electron chi connectivity index (χ0n) is 8.32. The second kappa shape index (κ2) is 5.86. The summed E-state index contributed by atoms with van der Waals surface area (Å²) in [5.74, 6) is 0. The van der Waals surface area contributed by atoms with Gasteiger partial charge in [0, 0.05) is 17.5 Å². The molecule has 1 aromatic rings. The lowest BCUT2D eigenvalue weighted by atomic mass is 10.1. The molecule has 0 aliphatic carbocycles. The fraction of sp³-hybridized carbons (Fsp3) is 0.500. The number of nitrogens with one attached hydrogen (secondary N) is 1. The normalized spacial score (nSPS) is 13.9. The fourth-order valence-corrected chi connectivity index (χ4v) is 1.11. The van der Waals surface area contributed by atoms with E-state index in [1.165, 1.54) is 12.1 Å². The average molecular weight is 225 g/mol. The third-order valence-corrected chi connectivity index (χ3v) is 1.96. The highest BCUT2D eigenvalue weighted by Gasteiger charge is 2.19. The fourth-order valence-electron chi connectivity index (χ4n) is 1.11. The van der Waals surface area contributed by atoms with Crippen molar-refractivity contribution in [3.05, 3.63) is 38.6 Å². The molecule has 16 heavy (non-hydrogen) atoms. The van der Waals surface area contributed by atoms with E-state index in [0.29, 0.717) is 0 Å². The summed E-state index contributed by atoms with van der Waals surface area (Å²) in [5, 5.41) is 28.1. The summed E-state index contributed by atoms with van der Waals surface area (Å²) in [6.45, 7) is 0.0814. The van der Waals surface area contributed by atoms with Gasteiger partial charge in [-0.2, -0.15) is 5.10 Å². The number of aliphatic hydroxyl groups excluding tert-OH is 2. The smallest absolute Gasteiger partial charge is 0.264 e. The summed E-state index contributed by atoms with van der Waals surface area (Å²) in [6.07, 6.45) is -2.19. The van der Waals surface area contributed by atoms with Crippen LogP contribution >= 0.6 is 0 Å². The molecule has 1 aromatic heterocycles. The quantitative estimate of drug-likeness (QED) is 0.365. The van der Waals surface area contributed by atoms with E-state index in [4.69, 9.17) is 5.53 Å². The van der Waals surface area contributed by atoms with E-state index in [9.17, 15) is 15.0 Å². The summed E-state index contributed by atoms with van der Waals surface area (Å²) in [4.78, 5) is 13.2. The molecule has 0 spiro atoms. The van der Waals surface area contributed by atoms with Crippen molar-refractivity contribution < 1.29 is 10.2 Å². The maximum absolute atomic E-state index is 10.7. The van der Waals surface area contributed by atoms with Crippen molar-refractivity contribution in [2.45, 2.75) is 18.6 Å². The minimum atomic E-state index is -1.22. The summed E-state index contributed by atoms with van der Waals surface area (Å²) in [7, 11) is 0. The minimum absolute atomic E-state index is 0.0814. The van der Waals surface area contributed by atoms with Gasteiger partial charge in [-0.05, 0) is 18.0 Å². The zero-order valence-corrected chi connectivity index (χ0v) is 8.32. The number of rotatable bonds is 5. The number of H-pyrrole nitrogens is 1. The maximum atomic E-state index is 10.7. The summed E-state index contributed by atoms with van der Waals surface area (Å²) < 4.78 is 0. The minimum Gasteiger partial charge on any atom is -0.390 e. The predicted octanol–water partition coefficient (Wildman–Crippen LogP) is -0.135. The van der Waals surface area contributed by atoms with Gasteiger partial charge in [-0.1, -0.05) is 5.11 Å². The highest BCUT2D eigenvalue weighted by Crippen LogP contribution is 2.15. The van der Waals surface area contributed by atoms with Gasteiger partial charge >= 0.3 is 0 Å². The van der Waals surface area contributed by atoms with Gasteiger partial charge in [0.1, 0.15) is 6.10 Å². The zero-order chi connectivity index (χ0) is 12.0. The van der Waals surface area contributed by atoms with E-state index >= 15 is 0 Å². The first-order valence-corrected chi connectivity index (χ1v) is 4.57. The Balaban J connectivity index is 2.62. The van der Waals surface area contributed by atoms with Crippen LogP contribution in [0.5, 0.6) is 0 Å². The van der Waals surface area contributed by atoms with Gasteiger partial charge in [-0.25, -0.2) is 5.10 Å². The Morgan fingerprint density at radius 3 is 2.88 bits per heavy atom. The lowest BCUT2D eigenvalue weighted by Crippen LogP contribution is -2.21. The van der Waals surface area contributed by atoms with Crippen LogP contribution in [-0.2, 0) is 0 Å². The Morgan fingerprint density at radius 2 is 2.31 bits per heavy atom. The molecule has 0 amide bonds. The number of aromatic nitrogens is 2. The number of aliphatic hydroxyl groups is 2. The van der Waals surface area contributed by atoms with Crippen molar-refractivity contribution in [3.63, 3.8) is 0 Å². The first-order valence-electron chi connectivity index (χ1n) is 4.57. The molecule has 86 valence electrons. The van der Waals surface area contributed by atoms with Gasteiger partial charge in [0.05, 0.1) is 11.8 Å². The number of hydrogen-bond donors (Lipinski definition) is 3. The van der Waals surface area contributed by atoms with Crippen LogP contribution in [0.4, 0.5) is 0 Å². The van der Waals surface area contributed by atoms with Crippen LogP contribution in [0.2, 0.25) is 0 Å². The molecule has 3 N–H and O–H groups in total. The molecule has 0 saturated carbocycles. The Hall–Kier alpha value is -1.89. The Bertz CT molecular complexity index is 419. The van der Waals surface area contributed by atoms with Crippen LogP contribution < -0.4 is 5.56 Å². The highest BCUT2D eigenvalue weighted by molar-refractivity contribution is 5.04. The van der Waals surface area contributed by atoms with Crippen molar-refractivity contribution >= 4 is 0 Å². The SMILES string of the molecule is [N-]=[N+]=NCCC(O)C(O)c1ccc(=O)[nH]n1. The van der Waals surface area contributed by atoms with E-state index in [1.54, 1.807) is 0 Å². The molecule has 1 heterocycles. The maximum Gasteiger partial charge on any atom is 0.264 e. The molecule has 0 saturated heterocycles. The van der Waals surface area contributed by atoms with Crippen LogP contribution in [0.15, 0.2) is 22.0 Å². The predicted molar refractivity (Wildman–Crippen MR) is 54.5 cm³/mol. The lowest BCUT2D eigenvalue weighted by Gasteiger charge is -2.15. The summed E-state index contributed by atoms with van der Waals surface area (Å²) in [6, 6.07) is 2.52. The average Bonchev–Trinajstić information content (AvgIpc) is 2.29. The van der Waals surface area contributed by atoms with Crippen LogP contribution in [-0.4, -0.2) is 33.1 Å². The van der Waals surface area contributed by atoms with Crippen molar-refractivity contribution in [1.29, 1.82) is 0 Å². The molecule has 2 atom stereocenters. The molecule has 0 bridgehead atoms. The molecule has 8 heteroatoms. The van der Waals surface area contributed by atoms with E-state index in [-0.39, 0.29) is 24.2 Å². The second-order valence-corrected chi connectivity index (χ2v) is 3.10. The van der Waals surface area contributed by atoms with Gasteiger partial charge < -0.3 is 10.2 Å². The van der Waals surface area contributed by atoms with E-state index in [2.05, 4.69) is 20.2 Å². The van der Waals surface area contributed by atoms with Gasteiger partial charge in [-0.15, -0.1) is 0 Å². The molecule has 0 fully saturated rings. The van der Waals surface area contributed by atoms with Gasteiger partial charge in [0.25, 0.3) is 5.56 Å². The van der Waals surface area contributed by atoms with E-state index in [0.717, 1.165) is 0 Å². The van der Waals surface area contributed by atoms with Crippen molar-refractivity contribution in [1.82, 2.24) is 10.2 Å². The molecule has 0 radical (unpaired) electrons. The third-order valence-electron chi connectivity index (χ3n) is 1.96. The number of aromatic amines is 1. The van der Waals surface area contributed by atoms with Crippen LogP contribution in [0.1, 0.15) is 18.2 Å². The third kappa shape index (κ3) is 3.35. The number of azide groups is 1. The van der Waals surface area contributed by atoms with Gasteiger partial charge in [0.2, 0.25) is 0 Å². The van der Waals surface area contributed by atoms with E-state index in [1.807, 2.05) is 0 Å². The molecular weight excluding hydrogens is 214 g/mol. The van der Waals surface area contributed by atoms with Crippen molar-refractivity contribution in [2.24, 2.45) is 5.11 Å². The first kappa shape index (κ1) is 12.2. The topological polar surface area (TPSA) is 135 Å². The second-order valence-electron chi connectivity index (χ2n) is 3.10. The van der Waals surface area contributed by atoms with Gasteiger partial charge in [-0.3, -0.25) is 4.79 Å². The van der Waals surface area contributed by atoms with Crippen molar-refractivity contribution in [3.8, 4) is 0 Å². The molecule has 0 aliphatic heterocycles. The molecule has 2 unspecified atom stereocenters. The van der Waals surface area contributed by atoms with Crippen LogP contribution in [0.3, 0.4) is 0 Å². The lowest BCUT2D eigenvalue weighted by molar-refractivity contribution is 0.0119. The highest BCUT2D eigenvalue weighted by atomic mass is 16.3. The molecule has 0 aromatic carbocycles. The van der Waals surface area contributed by atoms with E-state index < -0.39 is 12.2 Å².